The van der Waals surface area contributed by atoms with Gasteiger partial charge in [-0.05, 0) is 23.6 Å². The molecule has 2 heterocycles. The molecule has 0 spiro atoms. The molecular weight excluding hydrogens is 351 g/mol. The monoisotopic (exact) mass is 369 g/mol. The lowest BCUT2D eigenvalue weighted by Crippen LogP contribution is -3.10. The topological polar surface area (TPSA) is 37.0 Å². The second kappa shape index (κ2) is 7.67. The Bertz CT molecular complexity index is 682. The van der Waals surface area contributed by atoms with Gasteiger partial charge in [0, 0.05) is 29.6 Å². The number of halogens is 2. The Morgan fingerprint density at radius 1 is 1.30 bits per heavy atom. The van der Waals surface area contributed by atoms with Gasteiger partial charge in [0.15, 0.2) is 0 Å². The minimum absolute atomic E-state index is 0.0287. The van der Waals surface area contributed by atoms with Gasteiger partial charge in [-0.25, -0.2) is 0 Å². The molecule has 1 fully saturated rings. The van der Waals surface area contributed by atoms with Crippen LogP contribution in [0.15, 0.2) is 34.6 Å². The molecule has 1 atom stereocenters. The first kappa shape index (κ1) is 16.8. The van der Waals surface area contributed by atoms with Gasteiger partial charge in [0.2, 0.25) is 0 Å². The molecule has 1 aliphatic rings. The van der Waals surface area contributed by atoms with Gasteiger partial charge in [0.1, 0.15) is 11.8 Å². The summed E-state index contributed by atoms with van der Waals surface area (Å²) < 4.78 is 0. The van der Waals surface area contributed by atoms with Crippen molar-refractivity contribution in [3.63, 3.8) is 0 Å². The van der Waals surface area contributed by atoms with Crippen molar-refractivity contribution >= 4 is 40.8 Å². The molecule has 0 aliphatic carbocycles. The van der Waals surface area contributed by atoms with E-state index in [0.29, 0.717) is 23.2 Å². The summed E-state index contributed by atoms with van der Waals surface area (Å²) in [5.74, 6) is 0.0287. The molecule has 2 aromatic rings. The molecule has 0 saturated carbocycles. The molecule has 6 heteroatoms. The Morgan fingerprint density at radius 3 is 2.78 bits per heavy atom. The van der Waals surface area contributed by atoms with Crippen molar-refractivity contribution in [3.05, 3.63) is 50.1 Å². The fourth-order valence-electron chi connectivity index (χ4n) is 3.03. The molecule has 1 aromatic heterocycles. The summed E-state index contributed by atoms with van der Waals surface area (Å²) in [5.41, 5.74) is 0.559. The maximum atomic E-state index is 10.00. The first-order valence-electron chi connectivity index (χ1n) is 7.71. The van der Waals surface area contributed by atoms with Crippen molar-refractivity contribution in [2.24, 2.45) is 4.99 Å². The van der Waals surface area contributed by atoms with Crippen molar-refractivity contribution in [3.8, 4) is 5.75 Å². The lowest BCUT2D eigenvalue weighted by Gasteiger charge is -2.22. The van der Waals surface area contributed by atoms with Crippen molar-refractivity contribution in [1.29, 1.82) is 0 Å². The van der Waals surface area contributed by atoms with Crippen LogP contribution in [0.1, 0.15) is 29.3 Å². The van der Waals surface area contributed by atoms with Crippen LogP contribution in [0.5, 0.6) is 5.75 Å². The number of thiophene rings is 1. The van der Waals surface area contributed by atoms with E-state index in [1.165, 1.54) is 36.9 Å². The number of hydrogen-bond acceptors (Lipinski definition) is 3. The van der Waals surface area contributed by atoms with E-state index >= 15 is 0 Å². The molecule has 0 amide bonds. The Hall–Kier alpha value is -1.07. The zero-order chi connectivity index (χ0) is 16.2. The first-order chi connectivity index (χ1) is 11.1. The van der Waals surface area contributed by atoms with Crippen LogP contribution >= 0.6 is 34.5 Å². The predicted molar refractivity (Wildman–Crippen MR) is 97.6 cm³/mol. The first-order valence-corrected chi connectivity index (χ1v) is 9.34. The van der Waals surface area contributed by atoms with E-state index in [1.807, 2.05) is 0 Å². The summed E-state index contributed by atoms with van der Waals surface area (Å²) in [6.45, 7) is 3.10. The number of phenols is 1. The van der Waals surface area contributed by atoms with Crippen molar-refractivity contribution < 1.29 is 10.0 Å². The largest absolute Gasteiger partial charge is 0.506 e. The number of rotatable bonds is 5. The quantitative estimate of drug-likeness (QED) is 0.776. The standard InChI is InChI=1S/C17H18Cl2N2OS/c18-13-8-12(17(22)14(19)9-13)10-20-11-15(16-4-3-7-23-16)21-5-1-2-6-21/h3-4,7-10,15,22H,1-2,5-6,11H2/p+1/t15-/m1/s1. The maximum absolute atomic E-state index is 10.00. The lowest BCUT2D eigenvalue weighted by molar-refractivity contribution is -0.917. The zero-order valence-electron chi connectivity index (χ0n) is 12.6. The van der Waals surface area contributed by atoms with Gasteiger partial charge in [0.25, 0.3) is 0 Å². The summed E-state index contributed by atoms with van der Waals surface area (Å²) in [7, 11) is 0. The van der Waals surface area contributed by atoms with Gasteiger partial charge in [0.05, 0.1) is 29.5 Å². The minimum atomic E-state index is 0.0287. The summed E-state index contributed by atoms with van der Waals surface area (Å²) in [6.07, 6.45) is 4.24. The highest BCUT2D eigenvalue weighted by Gasteiger charge is 2.27. The third-order valence-corrected chi connectivity index (χ3v) is 5.69. The maximum Gasteiger partial charge on any atom is 0.143 e. The number of benzene rings is 1. The van der Waals surface area contributed by atoms with Crippen LogP contribution in [0.2, 0.25) is 10.0 Å². The minimum Gasteiger partial charge on any atom is -0.506 e. The molecule has 0 unspecified atom stereocenters. The van der Waals surface area contributed by atoms with Crippen molar-refractivity contribution in [2.45, 2.75) is 18.9 Å². The van der Waals surface area contributed by atoms with Gasteiger partial charge in [-0.2, -0.15) is 0 Å². The Labute approximate surface area is 150 Å². The van der Waals surface area contributed by atoms with Gasteiger partial charge < -0.3 is 10.0 Å². The van der Waals surface area contributed by atoms with Crippen LogP contribution in [-0.2, 0) is 0 Å². The molecule has 2 N–H and O–H groups in total. The molecule has 1 aliphatic heterocycles. The lowest BCUT2D eigenvalue weighted by atomic mass is 10.2. The van der Waals surface area contributed by atoms with Crippen molar-refractivity contribution in [1.82, 2.24) is 0 Å². The predicted octanol–water partition coefficient (Wildman–Crippen LogP) is 3.60. The summed E-state index contributed by atoms with van der Waals surface area (Å²) >= 11 is 13.7. The molecular formula is C17H19Cl2N2OS+. The van der Waals surface area contributed by atoms with Crippen LogP contribution in [0.25, 0.3) is 0 Å². The summed E-state index contributed by atoms with van der Waals surface area (Å²) in [6, 6.07) is 7.86. The van der Waals surface area contributed by atoms with Crippen LogP contribution in [0, 0.1) is 0 Å². The molecule has 0 radical (unpaired) electrons. The molecule has 3 nitrogen and oxygen atoms in total. The van der Waals surface area contributed by atoms with E-state index in [0.717, 1.165) is 0 Å². The van der Waals surface area contributed by atoms with E-state index in [1.54, 1.807) is 28.5 Å². The molecule has 3 rings (SSSR count). The summed E-state index contributed by atoms with van der Waals surface area (Å²) in [5, 5.41) is 12.9. The second-order valence-corrected chi connectivity index (χ2v) is 7.58. The number of nitrogens with zero attached hydrogens (tertiary/aromatic N) is 1. The number of phenolic OH excluding ortho intramolecular Hbond substituents is 1. The SMILES string of the molecule is Oc1c(Cl)cc(Cl)cc1C=NC[C@H](c1cccs1)[NH+]1CCCC1. The van der Waals surface area contributed by atoms with Gasteiger partial charge in [-0.3, -0.25) is 4.99 Å². The zero-order valence-corrected chi connectivity index (χ0v) is 15.0. The smallest absolute Gasteiger partial charge is 0.143 e. The van der Waals surface area contributed by atoms with Crippen LogP contribution in [0.3, 0.4) is 0 Å². The highest BCUT2D eigenvalue weighted by molar-refractivity contribution is 7.10. The number of aliphatic imine (C=N–C) groups is 1. The van der Waals surface area contributed by atoms with Crippen LogP contribution in [0.4, 0.5) is 0 Å². The fraction of sp³-hybridized carbons (Fsp3) is 0.353. The number of likely N-dealkylation sites (tertiary alicyclic amines) is 1. The Kier molecular flexibility index (Phi) is 5.59. The van der Waals surface area contributed by atoms with Crippen molar-refractivity contribution in [2.75, 3.05) is 19.6 Å². The summed E-state index contributed by atoms with van der Waals surface area (Å²) in [4.78, 5) is 7.53. The third kappa shape index (κ3) is 4.07. The van der Waals surface area contributed by atoms with E-state index in [-0.39, 0.29) is 10.8 Å². The number of hydrogen-bond donors (Lipinski definition) is 2. The van der Waals surface area contributed by atoms with E-state index < -0.39 is 0 Å². The molecule has 23 heavy (non-hydrogen) atoms. The average molecular weight is 370 g/mol. The Morgan fingerprint density at radius 2 is 2.09 bits per heavy atom. The number of quaternary nitrogens is 1. The van der Waals surface area contributed by atoms with Gasteiger partial charge in [-0.15, -0.1) is 11.3 Å². The molecule has 122 valence electrons. The number of aromatic hydroxyl groups is 1. The van der Waals surface area contributed by atoms with Crippen LogP contribution < -0.4 is 4.90 Å². The average Bonchev–Trinajstić information content (AvgIpc) is 3.21. The molecule has 0 bridgehead atoms. The second-order valence-electron chi connectivity index (χ2n) is 5.75. The Balaban J connectivity index is 1.76. The number of nitrogens with one attached hydrogen (secondary N) is 1. The van der Waals surface area contributed by atoms with E-state index in [2.05, 4.69) is 22.5 Å². The van der Waals surface area contributed by atoms with Gasteiger partial charge >= 0.3 is 0 Å². The molecule has 1 saturated heterocycles. The van der Waals surface area contributed by atoms with E-state index in [9.17, 15) is 5.11 Å². The van der Waals surface area contributed by atoms with Crippen LogP contribution in [-0.4, -0.2) is 31.0 Å². The van der Waals surface area contributed by atoms with E-state index in [4.69, 9.17) is 23.2 Å². The normalized spacial score (nSPS) is 17.1. The third-order valence-electron chi connectivity index (χ3n) is 4.20. The highest BCUT2D eigenvalue weighted by atomic mass is 35.5. The highest BCUT2D eigenvalue weighted by Crippen LogP contribution is 2.30. The fourth-order valence-corrected chi connectivity index (χ4v) is 4.41. The molecule has 1 aromatic carbocycles. The van der Waals surface area contributed by atoms with Gasteiger partial charge in [-0.1, -0.05) is 29.3 Å².